The Bertz CT molecular complexity index is 289. The molecule has 1 heterocycles. The fourth-order valence-corrected chi connectivity index (χ4v) is 3.42. The van der Waals surface area contributed by atoms with Crippen molar-refractivity contribution in [1.29, 1.82) is 0 Å². The van der Waals surface area contributed by atoms with Crippen molar-refractivity contribution in [2.45, 2.75) is 64.0 Å². The first-order chi connectivity index (χ1) is 9.20. The fraction of sp³-hybridized carbons (Fsp3) is 0.933. The predicted octanol–water partition coefficient (Wildman–Crippen LogP) is 1.49. The lowest BCUT2D eigenvalue weighted by Crippen LogP contribution is -2.48. The van der Waals surface area contributed by atoms with Gasteiger partial charge in [-0.1, -0.05) is 19.3 Å². The molecule has 0 bridgehead atoms. The van der Waals surface area contributed by atoms with E-state index in [4.69, 9.17) is 5.73 Å². The zero-order valence-corrected chi connectivity index (χ0v) is 12.2. The Morgan fingerprint density at radius 3 is 2.74 bits per heavy atom. The van der Waals surface area contributed by atoms with E-state index in [9.17, 15) is 4.79 Å². The van der Waals surface area contributed by atoms with Crippen molar-refractivity contribution in [3.63, 3.8) is 0 Å². The van der Waals surface area contributed by atoms with E-state index in [1.807, 2.05) is 6.92 Å². The molecular formula is C15H29N3O. The molecule has 2 unspecified atom stereocenters. The minimum absolute atomic E-state index is 0.0182. The van der Waals surface area contributed by atoms with Gasteiger partial charge in [0.1, 0.15) is 0 Å². The number of amides is 1. The van der Waals surface area contributed by atoms with Gasteiger partial charge < -0.3 is 11.1 Å². The number of carbonyl (C=O) groups excluding carboxylic acids is 1. The summed E-state index contributed by atoms with van der Waals surface area (Å²) in [5.41, 5.74) is 5.62. The lowest BCUT2D eigenvalue weighted by atomic mass is 9.95. The third-order valence-electron chi connectivity index (χ3n) is 4.77. The smallest absolute Gasteiger partial charge is 0.237 e. The molecule has 110 valence electrons. The third-order valence-corrected chi connectivity index (χ3v) is 4.77. The maximum absolute atomic E-state index is 12.3. The van der Waals surface area contributed by atoms with Gasteiger partial charge in [-0.2, -0.15) is 0 Å². The van der Waals surface area contributed by atoms with Crippen LogP contribution in [-0.4, -0.2) is 42.5 Å². The van der Waals surface area contributed by atoms with Gasteiger partial charge in [-0.05, 0) is 51.6 Å². The van der Waals surface area contributed by atoms with E-state index in [0.29, 0.717) is 12.0 Å². The molecule has 2 fully saturated rings. The summed E-state index contributed by atoms with van der Waals surface area (Å²) in [5, 5.41) is 3.24. The largest absolute Gasteiger partial charge is 0.352 e. The standard InChI is InChI=1S/C15H29N3O/c1-12(18-10-8-13(11-18)7-9-16)15(19)17-14-5-3-2-4-6-14/h12-14H,2-11,16H2,1H3,(H,17,19). The van der Waals surface area contributed by atoms with Crippen LogP contribution in [0.4, 0.5) is 0 Å². The van der Waals surface area contributed by atoms with Gasteiger partial charge in [0.25, 0.3) is 0 Å². The number of rotatable bonds is 5. The van der Waals surface area contributed by atoms with E-state index in [-0.39, 0.29) is 11.9 Å². The minimum atomic E-state index is 0.0182. The first kappa shape index (κ1) is 14.8. The molecule has 1 saturated heterocycles. The summed E-state index contributed by atoms with van der Waals surface area (Å²) in [6, 6.07) is 0.441. The Morgan fingerprint density at radius 1 is 1.32 bits per heavy atom. The molecule has 4 nitrogen and oxygen atoms in total. The van der Waals surface area contributed by atoms with Crippen LogP contribution in [0.3, 0.4) is 0 Å². The Morgan fingerprint density at radius 2 is 2.05 bits per heavy atom. The van der Waals surface area contributed by atoms with Gasteiger partial charge in [0.2, 0.25) is 5.91 Å². The monoisotopic (exact) mass is 267 g/mol. The lowest BCUT2D eigenvalue weighted by molar-refractivity contribution is -0.126. The number of nitrogens with zero attached hydrogens (tertiary/aromatic N) is 1. The van der Waals surface area contributed by atoms with Crippen LogP contribution in [0.15, 0.2) is 0 Å². The van der Waals surface area contributed by atoms with Crippen molar-refractivity contribution in [2.75, 3.05) is 19.6 Å². The topological polar surface area (TPSA) is 58.4 Å². The molecule has 0 aromatic rings. The van der Waals surface area contributed by atoms with Crippen molar-refractivity contribution in [3.05, 3.63) is 0 Å². The minimum Gasteiger partial charge on any atom is -0.352 e. The molecule has 1 saturated carbocycles. The van der Waals surface area contributed by atoms with Gasteiger partial charge in [0.15, 0.2) is 0 Å². The number of likely N-dealkylation sites (tertiary alicyclic amines) is 1. The first-order valence-electron chi connectivity index (χ1n) is 7.95. The first-order valence-corrected chi connectivity index (χ1v) is 7.95. The Kier molecular flexibility index (Phi) is 5.64. The molecular weight excluding hydrogens is 238 g/mol. The van der Waals surface area contributed by atoms with Crippen molar-refractivity contribution in [3.8, 4) is 0 Å². The summed E-state index contributed by atoms with van der Waals surface area (Å²) in [7, 11) is 0. The molecule has 0 aromatic carbocycles. The van der Waals surface area contributed by atoms with Gasteiger partial charge in [-0.25, -0.2) is 0 Å². The van der Waals surface area contributed by atoms with E-state index in [1.54, 1.807) is 0 Å². The third kappa shape index (κ3) is 4.18. The second kappa shape index (κ2) is 7.25. The average molecular weight is 267 g/mol. The second-order valence-corrected chi connectivity index (χ2v) is 6.25. The lowest BCUT2D eigenvalue weighted by Gasteiger charge is -2.28. The molecule has 0 radical (unpaired) electrons. The second-order valence-electron chi connectivity index (χ2n) is 6.25. The van der Waals surface area contributed by atoms with Gasteiger partial charge >= 0.3 is 0 Å². The average Bonchev–Trinajstić information content (AvgIpc) is 2.88. The number of carbonyl (C=O) groups is 1. The zero-order chi connectivity index (χ0) is 13.7. The Hall–Kier alpha value is -0.610. The summed E-state index contributed by atoms with van der Waals surface area (Å²) in [6.45, 7) is 4.89. The summed E-state index contributed by atoms with van der Waals surface area (Å²) >= 11 is 0. The molecule has 0 spiro atoms. The van der Waals surface area contributed by atoms with Crippen molar-refractivity contribution >= 4 is 5.91 Å². The molecule has 2 atom stereocenters. The molecule has 1 amide bonds. The highest BCUT2D eigenvalue weighted by molar-refractivity contribution is 5.81. The van der Waals surface area contributed by atoms with Crippen LogP contribution in [-0.2, 0) is 4.79 Å². The summed E-state index contributed by atoms with van der Waals surface area (Å²) in [4.78, 5) is 14.6. The van der Waals surface area contributed by atoms with Gasteiger partial charge in [-0.15, -0.1) is 0 Å². The summed E-state index contributed by atoms with van der Waals surface area (Å²) < 4.78 is 0. The molecule has 19 heavy (non-hydrogen) atoms. The fourth-order valence-electron chi connectivity index (χ4n) is 3.42. The van der Waals surface area contributed by atoms with Crippen LogP contribution in [0.1, 0.15) is 51.9 Å². The van der Waals surface area contributed by atoms with Crippen molar-refractivity contribution < 1.29 is 4.79 Å². The van der Waals surface area contributed by atoms with E-state index in [0.717, 1.165) is 38.9 Å². The van der Waals surface area contributed by atoms with Gasteiger partial charge in [0.05, 0.1) is 6.04 Å². The zero-order valence-electron chi connectivity index (χ0n) is 12.2. The van der Waals surface area contributed by atoms with Crippen LogP contribution < -0.4 is 11.1 Å². The van der Waals surface area contributed by atoms with Crippen molar-refractivity contribution in [1.82, 2.24) is 10.2 Å². The van der Waals surface area contributed by atoms with Crippen LogP contribution in [0.5, 0.6) is 0 Å². The number of nitrogens with one attached hydrogen (secondary N) is 1. The molecule has 1 aliphatic carbocycles. The number of hydrogen-bond acceptors (Lipinski definition) is 3. The van der Waals surface area contributed by atoms with Crippen LogP contribution >= 0.6 is 0 Å². The van der Waals surface area contributed by atoms with Crippen LogP contribution in [0.2, 0.25) is 0 Å². The Labute approximate surface area is 117 Å². The quantitative estimate of drug-likeness (QED) is 0.793. The SMILES string of the molecule is CC(C(=O)NC1CCCCC1)N1CCC(CCN)C1. The molecule has 2 rings (SSSR count). The van der Waals surface area contributed by atoms with Crippen LogP contribution in [0.25, 0.3) is 0 Å². The van der Waals surface area contributed by atoms with E-state index in [2.05, 4.69) is 10.2 Å². The molecule has 2 aliphatic rings. The molecule has 4 heteroatoms. The highest BCUT2D eigenvalue weighted by Crippen LogP contribution is 2.22. The van der Waals surface area contributed by atoms with E-state index in [1.165, 1.54) is 25.7 Å². The highest BCUT2D eigenvalue weighted by atomic mass is 16.2. The Balaban J connectivity index is 1.75. The maximum Gasteiger partial charge on any atom is 0.237 e. The molecule has 3 N–H and O–H groups in total. The highest BCUT2D eigenvalue weighted by Gasteiger charge is 2.30. The van der Waals surface area contributed by atoms with E-state index < -0.39 is 0 Å². The molecule has 1 aliphatic heterocycles. The van der Waals surface area contributed by atoms with Gasteiger partial charge in [0, 0.05) is 12.6 Å². The summed E-state index contributed by atoms with van der Waals surface area (Å²) in [5.74, 6) is 0.912. The van der Waals surface area contributed by atoms with Crippen LogP contribution in [0, 0.1) is 5.92 Å². The normalized spacial score (nSPS) is 27.4. The van der Waals surface area contributed by atoms with Crippen molar-refractivity contribution in [2.24, 2.45) is 11.7 Å². The molecule has 0 aromatic heterocycles. The summed E-state index contributed by atoms with van der Waals surface area (Å²) in [6.07, 6.45) is 8.46. The van der Waals surface area contributed by atoms with Gasteiger partial charge in [-0.3, -0.25) is 9.69 Å². The van der Waals surface area contributed by atoms with E-state index >= 15 is 0 Å². The number of nitrogens with two attached hydrogens (primary N) is 1. The maximum atomic E-state index is 12.3. The predicted molar refractivity (Wildman–Crippen MR) is 77.8 cm³/mol. The number of hydrogen-bond donors (Lipinski definition) is 2.